The fourth-order valence-electron chi connectivity index (χ4n) is 11.0. The minimum absolute atomic E-state index is 0.0301. The number of pyridine rings is 1. The number of halogens is 3. The van der Waals surface area contributed by atoms with E-state index in [2.05, 4.69) is 56.4 Å². The first kappa shape index (κ1) is 75.8. The van der Waals surface area contributed by atoms with Gasteiger partial charge in [0.25, 0.3) is 17.6 Å². The number of carbonyl (C=O) groups is 4. The number of rotatable bonds is 47. The molecule has 2 aromatic carbocycles. The molecule has 3 N–H and O–H groups in total. The molecular formula is C67H89F3N14O14. The topological polar surface area (TPSA) is 310 Å². The van der Waals surface area contributed by atoms with Gasteiger partial charge in [0, 0.05) is 95.6 Å². The summed E-state index contributed by atoms with van der Waals surface area (Å²) in [4.78, 5) is 73.1. The summed E-state index contributed by atoms with van der Waals surface area (Å²) in [5.74, 6) is -5.08. The maximum Gasteiger partial charge on any atom is 0.295 e. The molecule has 2 saturated heterocycles. The molecule has 0 saturated carbocycles. The normalized spacial score (nSPS) is 13.8. The van der Waals surface area contributed by atoms with Crippen LogP contribution in [0, 0.1) is 28.8 Å². The summed E-state index contributed by atoms with van der Waals surface area (Å²) in [5.41, 5.74) is 3.06. The van der Waals surface area contributed by atoms with Gasteiger partial charge >= 0.3 is 0 Å². The number of nitriles is 1. The van der Waals surface area contributed by atoms with Crippen molar-refractivity contribution in [3.05, 3.63) is 119 Å². The number of piperidine rings is 1. The van der Waals surface area contributed by atoms with Gasteiger partial charge in [-0.1, -0.05) is 35.5 Å². The van der Waals surface area contributed by atoms with Crippen molar-refractivity contribution >= 4 is 39.9 Å². The van der Waals surface area contributed by atoms with E-state index in [-0.39, 0.29) is 55.8 Å². The Morgan fingerprint density at radius 2 is 1.33 bits per heavy atom. The molecule has 0 radical (unpaired) electrons. The minimum Gasteiger partial charge on any atom is -0.494 e. The summed E-state index contributed by atoms with van der Waals surface area (Å²) in [5, 5.41) is 35.6. The number of aromatic nitrogens is 8. The number of ether oxygens (including phenoxy) is 9. The van der Waals surface area contributed by atoms with Gasteiger partial charge in [-0.05, 0) is 56.5 Å². The zero-order valence-corrected chi connectivity index (χ0v) is 55.6. The lowest BCUT2D eigenvalue weighted by Crippen LogP contribution is -2.47. The highest BCUT2D eigenvalue weighted by atomic mass is 19.1. The van der Waals surface area contributed by atoms with Crippen LogP contribution in [0.2, 0.25) is 0 Å². The number of H-pyrrole nitrogens is 1. The summed E-state index contributed by atoms with van der Waals surface area (Å²) in [6, 6.07) is 12.8. The quantitative estimate of drug-likeness (QED) is 0.0211. The Morgan fingerprint density at radius 1 is 0.724 bits per heavy atom. The molecule has 4 aromatic heterocycles. The molecule has 0 spiro atoms. The van der Waals surface area contributed by atoms with E-state index in [1.54, 1.807) is 10.9 Å². The Morgan fingerprint density at radius 3 is 1.96 bits per heavy atom. The van der Waals surface area contributed by atoms with Gasteiger partial charge in [-0.3, -0.25) is 24.1 Å². The van der Waals surface area contributed by atoms with Gasteiger partial charge in [-0.25, -0.2) is 27.8 Å². The zero-order chi connectivity index (χ0) is 69.1. The standard InChI is InChI=1S/C67H89F3N14O14/c1-90-60-46-74-65(62-61(60)57(45-73-62)63(87)67(89)82-16-9-51(10-17-82)56(44-71)50-7-3-2-4-8-50)84-49-75-64(77-84)66(88)72-12-5-13-79(22-25-85)14-6-15-80-18-20-81(21-19-80)23-27-92-30-33-95-37-38-97-39-40-98-48-53-47-83(78-76-53)24-28-93-31-34-96-36-35-94-32-29-91-26-11-54(86)43-55-58(69)41-52(68)42-59(55)70/h2-4,7-8,41-42,45-47,49,73,85H,5-6,9-40,43,48H2,1H3,(H,72,88). The highest BCUT2D eigenvalue weighted by molar-refractivity contribution is 6.45. The average molecular weight is 1370 g/mol. The number of likely N-dealkylation sites (tertiary alicyclic amines) is 1. The van der Waals surface area contributed by atoms with Crippen molar-refractivity contribution in [1.82, 2.24) is 64.6 Å². The zero-order valence-electron chi connectivity index (χ0n) is 55.6. The lowest BCUT2D eigenvalue weighted by molar-refractivity contribution is -0.126. The number of Topliss-reactive ketones (excluding diaryl/α,β-unsaturated/α-hetero) is 2. The van der Waals surface area contributed by atoms with Crippen LogP contribution in [0.25, 0.3) is 22.3 Å². The molecule has 6 heterocycles. The molecule has 0 unspecified atom stereocenters. The molecule has 532 valence electrons. The van der Waals surface area contributed by atoms with Crippen molar-refractivity contribution in [2.45, 2.75) is 51.7 Å². The SMILES string of the molecule is COc1cnc(-n2cnc(C(=O)NCCCN(CCO)CCCN3CCN(CCOCCOCCOCCOCc4cn(CCOCCOCCOCCOCCC(=O)Cc5c(F)cc(F)cc5F)nn4)CC3)n2)c2[nH]cc(C(=O)C(=O)N3CCC(=C(C#N)c4ccccc4)CC3)c12. The fourth-order valence-corrected chi connectivity index (χ4v) is 11.0. The van der Waals surface area contributed by atoms with E-state index in [1.807, 2.05) is 30.3 Å². The van der Waals surface area contributed by atoms with E-state index in [0.29, 0.717) is 179 Å². The Hall–Kier alpha value is -7.97. The largest absolute Gasteiger partial charge is 0.494 e. The number of methoxy groups -OCH3 is 1. The van der Waals surface area contributed by atoms with Gasteiger partial charge in [0.05, 0.1) is 166 Å². The first-order valence-electron chi connectivity index (χ1n) is 33.1. The van der Waals surface area contributed by atoms with E-state index < -0.39 is 52.8 Å². The lowest BCUT2D eigenvalue weighted by Gasteiger charge is -2.35. The van der Waals surface area contributed by atoms with Gasteiger partial charge in [0.15, 0.2) is 5.82 Å². The highest BCUT2D eigenvalue weighted by Gasteiger charge is 2.31. The van der Waals surface area contributed by atoms with Crippen molar-refractivity contribution in [2.24, 2.45) is 0 Å². The molecule has 2 amide bonds. The molecule has 2 fully saturated rings. The molecule has 0 bridgehead atoms. The summed E-state index contributed by atoms with van der Waals surface area (Å²) in [6.45, 7) is 15.3. The van der Waals surface area contributed by atoms with Crippen LogP contribution >= 0.6 is 0 Å². The molecule has 8 rings (SSSR count). The van der Waals surface area contributed by atoms with Crippen LogP contribution < -0.4 is 10.1 Å². The Balaban J connectivity index is 0.578. The number of aliphatic hydroxyl groups excluding tert-OH is 1. The van der Waals surface area contributed by atoms with Crippen LogP contribution in [0.4, 0.5) is 13.2 Å². The van der Waals surface area contributed by atoms with Gasteiger partial charge in [-0.15, -0.1) is 10.2 Å². The third kappa shape index (κ3) is 24.5. The number of allylic oxidation sites excluding steroid dienone is 1. The second-order valence-corrected chi connectivity index (χ2v) is 23.0. The predicted molar refractivity (Wildman–Crippen MR) is 350 cm³/mol. The van der Waals surface area contributed by atoms with Gasteiger partial charge in [0.1, 0.15) is 41.0 Å². The predicted octanol–water partition coefficient (Wildman–Crippen LogP) is 3.90. The first-order valence-corrected chi connectivity index (χ1v) is 33.1. The number of aromatic amines is 1. The molecule has 0 aliphatic carbocycles. The lowest BCUT2D eigenvalue weighted by atomic mass is 9.93. The van der Waals surface area contributed by atoms with Crippen LogP contribution in [-0.2, 0) is 67.1 Å². The van der Waals surface area contributed by atoms with Crippen molar-refractivity contribution in [3.8, 4) is 17.6 Å². The van der Waals surface area contributed by atoms with Gasteiger partial charge < -0.3 is 72.7 Å². The van der Waals surface area contributed by atoms with Crippen LogP contribution in [0.5, 0.6) is 5.75 Å². The van der Waals surface area contributed by atoms with Crippen molar-refractivity contribution < 1.29 is 80.1 Å². The molecule has 2 aliphatic heterocycles. The van der Waals surface area contributed by atoms with Crippen LogP contribution in [0.15, 0.2) is 73.0 Å². The minimum atomic E-state index is -1.09. The van der Waals surface area contributed by atoms with E-state index in [1.165, 1.54) is 35.4 Å². The second kappa shape index (κ2) is 42.1. The van der Waals surface area contributed by atoms with E-state index in [9.17, 15) is 42.7 Å². The molecular weight excluding hydrogens is 1280 g/mol. The fraction of sp³-hybridized carbons (Fsp3) is 0.552. The maximum absolute atomic E-state index is 13.8. The second-order valence-electron chi connectivity index (χ2n) is 23.0. The van der Waals surface area contributed by atoms with Crippen molar-refractivity contribution in [2.75, 3.05) is 191 Å². The number of ketones is 2. The number of nitrogens with one attached hydrogen (secondary N) is 2. The Kier molecular flexibility index (Phi) is 32.6. The Labute approximate surface area is 567 Å². The van der Waals surface area contributed by atoms with Crippen LogP contribution in [-0.4, -0.2) is 279 Å². The number of hydrogen-bond donors (Lipinski definition) is 3. The molecule has 6 aromatic rings. The number of hydrogen-bond acceptors (Lipinski definition) is 23. The first-order chi connectivity index (χ1) is 47.9. The van der Waals surface area contributed by atoms with E-state index in [0.717, 1.165) is 63.4 Å². The molecule has 31 heteroatoms. The Bertz CT molecular complexity index is 3480. The number of fused-ring (bicyclic) bond motifs is 1. The smallest absolute Gasteiger partial charge is 0.295 e. The van der Waals surface area contributed by atoms with Gasteiger partial charge in [0.2, 0.25) is 5.82 Å². The third-order valence-corrected chi connectivity index (χ3v) is 16.3. The number of amides is 2. The van der Waals surface area contributed by atoms with Crippen molar-refractivity contribution in [3.63, 3.8) is 0 Å². The molecule has 2 aliphatic rings. The van der Waals surface area contributed by atoms with E-state index >= 15 is 0 Å². The van der Waals surface area contributed by atoms with Crippen LogP contribution in [0.1, 0.15) is 69.9 Å². The van der Waals surface area contributed by atoms with E-state index in [4.69, 9.17) is 42.6 Å². The maximum atomic E-state index is 13.8. The molecule has 98 heavy (non-hydrogen) atoms. The third-order valence-electron chi connectivity index (χ3n) is 16.3. The van der Waals surface area contributed by atoms with Crippen molar-refractivity contribution in [1.29, 1.82) is 5.26 Å². The number of piperazine rings is 1. The highest BCUT2D eigenvalue weighted by Crippen LogP contribution is 2.33. The monoisotopic (exact) mass is 1370 g/mol. The summed E-state index contributed by atoms with van der Waals surface area (Å²) in [6.07, 6.45) is 8.04. The summed E-state index contributed by atoms with van der Waals surface area (Å²) in [7, 11) is 1.44. The van der Waals surface area contributed by atoms with Crippen LogP contribution in [0.3, 0.4) is 0 Å². The number of benzene rings is 2. The summed E-state index contributed by atoms with van der Waals surface area (Å²) >= 11 is 0. The average Bonchev–Trinajstić information content (AvgIpc) is 1.59. The number of carbonyl (C=O) groups excluding carboxylic acids is 4. The van der Waals surface area contributed by atoms with Gasteiger partial charge in [-0.2, -0.15) is 9.94 Å². The summed E-state index contributed by atoms with van der Waals surface area (Å²) < 4.78 is 93.8. The number of nitrogens with zero attached hydrogens (tertiary/aromatic N) is 12. The number of aliphatic hydroxyl groups is 1. The molecule has 28 nitrogen and oxygen atoms in total. The molecule has 0 atom stereocenters.